The van der Waals surface area contributed by atoms with Crippen molar-refractivity contribution >= 4 is 26.9 Å². The predicted molar refractivity (Wildman–Crippen MR) is 99.7 cm³/mol. The Balaban J connectivity index is 1.55. The molecule has 7 heteroatoms. The molecule has 0 aliphatic heterocycles. The molecule has 0 spiro atoms. The van der Waals surface area contributed by atoms with Gasteiger partial charge in [0.15, 0.2) is 5.76 Å². The van der Waals surface area contributed by atoms with E-state index in [1.807, 2.05) is 32.0 Å². The van der Waals surface area contributed by atoms with Gasteiger partial charge >= 0.3 is 0 Å². The van der Waals surface area contributed by atoms with Crippen molar-refractivity contribution in [2.75, 3.05) is 13.1 Å². The maximum Gasteiger partial charge on any atom is 0.287 e. The summed E-state index contributed by atoms with van der Waals surface area (Å²) in [6.45, 7) is 4.09. The molecule has 1 aromatic heterocycles. The number of rotatable bonds is 6. The van der Waals surface area contributed by atoms with Crippen molar-refractivity contribution in [2.45, 2.75) is 18.7 Å². The number of hydrogen-bond acceptors (Lipinski definition) is 4. The lowest BCUT2D eigenvalue weighted by atomic mass is 10.2. The molecule has 3 aromatic rings. The number of carbonyl (C=O) groups excluding carboxylic acids is 1. The van der Waals surface area contributed by atoms with Gasteiger partial charge in [0.1, 0.15) is 5.58 Å². The van der Waals surface area contributed by atoms with Crippen molar-refractivity contribution in [1.82, 2.24) is 10.0 Å². The fourth-order valence-electron chi connectivity index (χ4n) is 2.52. The van der Waals surface area contributed by atoms with Crippen molar-refractivity contribution in [3.63, 3.8) is 0 Å². The molecule has 0 fully saturated rings. The van der Waals surface area contributed by atoms with Crippen LogP contribution in [0.4, 0.5) is 0 Å². The van der Waals surface area contributed by atoms with Gasteiger partial charge < -0.3 is 9.73 Å². The average Bonchev–Trinajstić information content (AvgIpc) is 3.02. The number of carbonyl (C=O) groups is 1. The smallest absolute Gasteiger partial charge is 0.287 e. The molecule has 0 bridgehead atoms. The zero-order chi connectivity index (χ0) is 18.7. The molecule has 0 saturated carbocycles. The van der Waals surface area contributed by atoms with Gasteiger partial charge in [-0.05, 0) is 44.2 Å². The molecule has 0 unspecified atom stereocenters. The van der Waals surface area contributed by atoms with Crippen molar-refractivity contribution in [2.24, 2.45) is 0 Å². The van der Waals surface area contributed by atoms with Crippen molar-refractivity contribution in [3.8, 4) is 0 Å². The van der Waals surface area contributed by atoms with Gasteiger partial charge in [0, 0.05) is 18.5 Å². The number of hydrogen-bond donors (Lipinski definition) is 2. The Kier molecular flexibility index (Phi) is 5.11. The quantitative estimate of drug-likeness (QED) is 0.651. The highest BCUT2D eigenvalue weighted by atomic mass is 32.2. The maximum absolute atomic E-state index is 12.2. The predicted octanol–water partition coefficient (Wildman–Crippen LogP) is 2.76. The number of amides is 1. The average molecular weight is 372 g/mol. The van der Waals surface area contributed by atoms with E-state index < -0.39 is 10.0 Å². The summed E-state index contributed by atoms with van der Waals surface area (Å²) in [4.78, 5) is 12.3. The fourth-order valence-corrected chi connectivity index (χ4v) is 3.56. The van der Waals surface area contributed by atoms with E-state index in [1.54, 1.807) is 30.3 Å². The van der Waals surface area contributed by atoms with E-state index in [1.165, 1.54) is 0 Å². The largest absolute Gasteiger partial charge is 0.451 e. The van der Waals surface area contributed by atoms with Crippen LogP contribution in [0.15, 0.2) is 57.8 Å². The number of furan rings is 1. The molecule has 0 aliphatic carbocycles. The van der Waals surface area contributed by atoms with E-state index in [2.05, 4.69) is 10.0 Å². The first-order chi connectivity index (χ1) is 12.3. The molecule has 0 radical (unpaired) electrons. The normalized spacial score (nSPS) is 11.6. The van der Waals surface area contributed by atoms with Crippen LogP contribution in [0.1, 0.15) is 21.7 Å². The van der Waals surface area contributed by atoms with Gasteiger partial charge in [0.2, 0.25) is 10.0 Å². The van der Waals surface area contributed by atoms with E-state index in [0.717, 1.165) is 16.5 Å². The first-order valence-electron chi connectivity index (χ1n) is 8.20. The Morgan fingerprint density at radius 3 is 2.38 bits per heavy atom. The second-order valence-corrected chi connectivity index (χ2v) is 7.89. The second kappa shape index (κ2) is 7.31. The fraction of sp³-hybridized carbons (Fsp3) is 0.211. The Morgan fingerprint density at radius 1 is 0.962 bits per heavy atom. The minimum Gasteiger partial charge on any atom is -0.451 e. The standard InChI is InChI=1S/C19H20N2O4S/c1-13-3-6-16(7-4-13)26(23,24)21-10-9-20-19(22)18-12-15-11-14(2)5-8-17(15)25-18/h3-8,11-12,21H,9-10H2,1-2H3,(H,20,22). The van der Waals surface area contributed by atoms with Gasteiger partial charge in [-0.3, -0.25) is 4.79 Å². The van der Waals surface area contributed by atoms with Gasteiger partial charge in [0.25, 0.3) is 5.91 Å². The highest BCUT2D eigenvalue weighted by Gasteiger charge is 2.14. The highest BCUT2D eigenvalue weighted by Crippen LogP contribution is 2.20. The zero-order valence-electron chi connectivity index (χ0n) is 14.6. The van der Waals surface area contributed by atoms with Crippen LogP contribution in [-0.4, -0.2) is 27.4 Å². The molecular formula is C19H20N2O4S. The van der Waals surface area contributed by atoms with Gasteiger partial charge in [-0.25, -0.2) is 13.1 Å². The van der Waals surface area contributed by atoms with Crippen LogP contribution in [0, 0.1) is 13.8 Å². The van der Waals surface area contributed by atoms with Crippen LogP contribution in [0.5, 0.6) is 0 Å². The molecule has 2 N–H and O–H groups in total. The maximum atomic E-state index is 12.2. The van der Waals surface area contributed by atoms with Crippen molar-refractivity contribution in [1.29, 1.82) is 0 Å². The number of sulfonamides is 1. The third kappa shape index (κ3) is 4.12. The van der Waals surface area contributed by atoms with E-state index in [9.17, 15) is 13.2 Å². The SMILES string of the molecule is Cc1ccc(S(=O)(=O)NCCNC(=O)c2cc3cc(C)ccc3o2)cc1. The summed E-state index contributed by atoms with van der Waals surface area (Å²) in [7, 11) is -3.59. The first kappa shape index (κ1) is 18.2. The molecule has 2 aromatic carbocycles. The summed E-state index contributed by atoms with van der Waals surface area (Å²) in [5, 5.41) is 3.50. The van der Waals surface area contributed by atoms with Gasteiger partial charge in [-0.2, -0.15) is 0 Å². The molecular weight excluding hydrogens is 352 g/mol. The van der Waals surface area contributed by atoms with Crippen LogP contribution in [-0.2, 0) is 10.0 Å². The van der Waals surface area contributed by atoms with E-state index >= 15 is 0 Å². The Hall–Kier alpha value is -2.64. The summed E-state index contributed by atoms with van der Waals surface area (Å²) >= 11 is 0. The lowest BCUT2D eigenvalue weighted by molar-refractivity contribution is 0.0929. The van der Waals surface area contributed by atoms with Crippen LogP contribution < -0.4 is 10.0 Å². The van der Waals surface area contributed by atoms with Crippen LogP contribution in [0.25, 0.3) is 11.0 Å². The molecule has 0 saturated heterocycles. The molecule has 6 nitrogen and oxygen atoms in total. The third-order valence-electron chi connectivity index (χ3n) is 3.93. The summed E-state index contributed by atoms with van der Waals surface area (Å²) in [6, 6.07) is 13.9. The van der Waals surface area contributed by atoms with Crippen LogP contribution in [0.3, 0.4) is 0 Å². The third-order valence-corrected chi connectivity index (χ3v) is 5.41. The minimum atomic E-state index is -3.59. The summed E-state index contributed by atoms with van der Waals surface area (Å²) < 4.78 is 32.3. The Labute approximate surface area is 152 Å². The Morgan fingerprint density at radius 2 is 1.65 bits per heavy atom. The molecule has 136 valence electrons. The lowest BCUT2D eigenvalue weighted by Crippen LogP contribution is -2.34. The second-order valence-electron chi connectivity index (χ2n) is 6.12. The highest BCUT2D eigenvalue weighted by molar-refractivity contribution is 7.89. The molecule has 3 rings (SSSR count). The van der Waals surface area contributed by atoms with Crippen molar-refractivity contribution in [3.05, 3.63) is 65.4 Å². The minimum absolute atomic E-state index is 0.0846. The molecule has 0 aliphatic rings. The van der Waals surface area contributed by atoms with E-state index in [-0.39, 0.29) is 29.7 Å². The van der Waals surface area contributed by atoms with Gasteiger partial charge in [-0.1, -0.05) is 29.3 Å². The van der Waals surface area contributed by atoms with Gasteiger partial charge in [0.05, 0.1) is 4.90 Å². The molecule has 0 atom stereocenters. The number of nitrogens with one attached hydrogen (secondary N) is 2. The van der Waals surface area contributed by atoms with Gasteiger partial charge in [-0.15, -0.1) is 0 Å². The lowest BCUT2D eigenvalue weighted by Gasteiger charge is -2.07. The molecule has 1 amide bonds. The molecule has 26 heavy (non-hydrogen) atoms. The number of fused-ring (bicyclic) bond motifs is 1. The van der Waals surface area contributed by atoms with Crippen LogP contribution in [0.2, 0.25) is 0 Å². The van der Waals surface area contributed by atoms with E-state index in [4.69, 9.17) is 4.42 Å². The van der Waals surface area contributed by atoms with Crippen molar-refractivity contribution < 1.29 is 17.6 Å². The summed E-state index contributed by atoms with van der Waals surface area (Å²) in [5.41, 5.74) is 2.70. The topological polar surface area (TPSA) is 88.4 Å². The zero-order valence-corrected chi connectivity index (χ0v) is 15.4. The number of aryl methyl sites for hydroxylation is 2. The monoisotopic (exact) mass is 372 g/mol. The van der Waals surface area contributed by atoms with Crippen LogP contribution >= 0.6 is 0 Å². The summed E-state index contributed by atoms with van der Waals surface area (Å²) in [5.74, 6) is -0.180. The summed E-state index contributed by atoms with van der Waals surface area (Å²) in [6.07, 6.45) is 0. The van der Waals surface area contributed by atoms with E-state index in [0.29, 0.717) is 5.58 Å². The molecule has 1 heterocycles. The first-order valence-corrected chi connectivity index (χ1v) is 9.68. The number of benzene rings is 2. The Bertz CT molecular complexity index is 1040.